The average Bonchev–Trinajstić information content (AvgIpc) is 2.36. The first-order valence-corrected chi connectivity index (χ1v) is 6.31. The van der Waals surface area contributed by atoms with Crippen LogP contribution in [0.3, 0.4) is 0 Å². The number of aryl methyl sites for hydroxylation is 1. The van der Waals surface area contributed by atoms with Crippen LogP contribution in [0.5, 0.6) is 0 Å². The molecule has 0 fully saturated rings. The SMILES string of the molecule is CC(CCc1ccccc1)NC(=O)C(C)NC(=O)[O-]. The van der Waals surface area contributed by atoms with Crippen LogP contribution in [0.1, 0.15) is 25.8 Å². The Kier molecular flexibility index (Phi) is 5.85. The first kappa shape index (κ1) is 15.0. The molecule has 0 saturated heterocycles. The summed E-state index contributed by atoms with van der Waals surface area (Å²) in [6, 6.07) is 9.17. The van der Waals surface area contributed by atoms with Gasteiger partial charge < -0.3 is 20.5 Å². The fourth-order valence-corrected chi connectivity index (χ4v) is 1.71. The maximum absolute atomic E-state index is 11.6. The number of nitrogens with one attached hydrogen (secondary N) is 2. The summed E-state index contributed by atoms with van der Waals surface area (Å²) in [6.45, 7) is 3.38. The molecule has 0 aliphatic heterocycles. The second-order valence-electron chi connectivity index (χ2n) is 4.59. The highest BCUT2D eigenvalue weighted by molar-refractivity contribution is 5.84. The number of rotatable bonds is 6. The van der Waals surface area contributed by atoms with E-state index >= 15 is 0 Å². The molecule has 1 aromatic carbocycles. The van der Waals surface area contributed by atoms with Crippen LogP contribution in [0.2, 0.25) is 0 Å². The highest BCUT2D eigenvalue weighted by Crippen LogP contribution is 2.04. The normalized spacial score (nSPS) is 13.4. The summed E-state index contributed by atoms with van der Waals surface area (Å²) in [5.41, 5.74) is 1.21. The first-order chi connectivity index (χ1) is 8.99. The smallest absolute Gasteiger partial charge is 0.242 e. The van der Waals surface area contributed by atoms with Crippen LogP contribution < -0.4 is 15.7 Å². The van der Waals surface area contributed by atoms with E-state index in [1.54, 1.807) is 0 Å². The summed E-state index contributed by atoms with van der Waals surface area (Å²) in [5.74, 6) is -0.343. The maximum atomic E-state index is 11.6. The van der Waals surface area contributed by atoms with Gasteiger partial charge in [0.2, 0.25) is 5.91 Å². The third-order valence-corrected chi connectivity index (χ3v) is 2.83. The molecule has 0 saturated carbocycles. The van der Waals surface area contributed by atoms with Crippen LogP contribution in [0.25, 0.3) is 0 Å². The highest BCUT2D eigenvalue weighted by atomic mass is 16.4. The Balaban J connectivity index is 2.32. The summed E-state index contributed by atoms with van der Waals surface area (Å²) in [7, 11) is 0. The molecule has 104 valence electrons. The second kappa shape index (κ2) is 7.41. The van der Waals surface area contributed by atoms with E-state index in [0.717, 1.165) is 12.8 Å². The van der Waals surface area contributed by atoms with E-state index in [1.165, 1.54) is 12.5 Å². The van der Waals surface area contributed by atoms with Crippen molar-refractivity contribution in [3.63, 3.8) is 0 Å². The lowest BCUT2D eigenvalue weighted by molar-refractivity contribution is -0.251. The Morgan fingerprint density at radius 2 is 1.79 bits per heavy atom. The number of benzene rings is 1. The molecule has 1 aromatic rings. The van der Waals surface area contributed by atoms with Crippen molar-refractivity contribution in [1.82, 2.24) is 10.6 Å². The highest BCUT2D eigenvalue weighted by Gasteiger charge is 2.14. The van der Waals surface area contributed by atoms with Gasteiger partial charge in [-0.05, 0) is 32.3 Å². The molecule has 0 heterocycles. The van der Waals surface area contributed by atoms with Crippen LogP contribution in [-0.4, -0.2) is 24.1 Å². The van der Waals surface area contributed by atoms with Crippen molar-refractivity contribution in [1.29, 1.82) is 0 Å². The molecule has 0 aromatic heterocycles. The molecule has 2 atom stereocenters. The molecule has 5 heteroatoms. The molecule has 0 aliphatic carbocycles. The quantitative estimate of drug-likeness (QED) is 0.781. The molecule has 0 aliphatic rings. The van der Waals surface area contributed by atoms with Gasteiger partial charge in [0.25, 0.3) is 0 Å². The van der Waals surface area contributed by atoms with Gasteiger partial charge in [0.15, 0.2) is 0 Å². The Labute approximate surface area is 113 Å². The van der Waals surface area contributed by atoms with Gasteiger partial charge in [-0.3, -0.25) is 4.79 Å². The van der Waals surface area contributed by atoms with Crippen LogP contribution in [0.15, 0.2) is 30.3 Å². The average molecular weight is 263 g/mol. The van der Waals surface area contributed by atoms with E-state index in [9.17, 15) is 14.7 Å². The molecule has 1 rings (SSSR count). The summed E-state index contributed by atoms with van der Waals surface area (Å²) in [4.78, 5) is 21.9. The lowest BCUT2D eigenvalue weighted by atomic mass is 10.1. The van der Waals surface area contributed by atoms with Gasteiger partial charge in [0, 0.05) is 6.04 Å². The minimum Gasteiger partial charge on any atom is -0.530 e. The molecular weight excluding hydrogens is 244 g/mol. The number of carbonyl (C=O) groups excluding carboxylic acids is 2. The maximum Gasteiger partial charge on any atom is 0.242 e. The number of hydrogen-bond acceptors (Lipinski definition) is 3. The standard InChI is InChI=1S/C14H20N2O3/c1-10(8-9-12-6-4-3-5-7-12)15-13(17)11(2)16-14(18)19/h3-7,10-11,16H,8-9H2,1-2H3,(H,15,17)(H,18,19)/p-1. The van der Waals surface area contributed by atoms with Gasteiger partial charge >= 0.3 is 0 Å². The van der Waals surface area contributed by atoms with E-state index < -0.39 is 12.1 Å². The molecule has 2 amide bonds. The van der Waals surface area contributed by atoms with Gasteiger partial charge in [-0.2, -0.15) is 0 Å². The topological polar surface area (TPSA) is 81.3 Å². The molecule has 0 bridgehead atoms. The predicted molar refractivity (Wildman–Crippen MR) is 70.4 cm³/mol. The lowest BCUT2D eigenvalue weighted by Gasteiger charge is -2.19. The Morgan fingerprint density at radius 3 is 2.37 bits per heavy atom. The molecule has 0 spiro atoms. The van der Waals surface area contributed by atoms with Crippen molar-refractivity contribution in [3.05, 3.63) is 35.9 Å². The van der Waals surface area contributed by atoms with Crippen LogP contribution >= 0.6 is 0 Å². The molecule has 5 nitrogen and oxygen atoms in total. The summed E-state index contributed by atoms with van der Waals surface area (Å²) in [5, 5.41) is 15.1. The summed E-state index contributed by atoms with van der Waals surface area (Å²) in [6.07, 6.45) is 0.220. The van der Waals surface area contributed by atoms with Gasteiger partial charge in [-0.1, -0.05) is 30.3 Å². The second-order valence-corrected chi connectivity index (χ2v) is 4.59. The zero-order valence-electron chi connectivity index (χ0n) is 11.2. The van der Waals surface area contributed by atoms with Gasteiger partial charge in [-0.25, -0.2) is 0 Å². The summed E-state index contributed by atoms with van der Waals surface area (Å²) >= 11 is 0. The minimum absolute atomic E-state index is 0.0151. The van der Waals surface area contributed by atoms with Crippen LogP contribution in [0, 0.1) is 0 Å². The van der Waals surface area contributed by atoms with Crippen molar-refractivity contribution in [2.24, 2.45) is 0 Å². The van der Waals surface area contributed by atoms with Gasteiger partial charge in [0.1, 0.15) is 12.1 Å². The van der Waals surface area contributed by atoms with E-state index in [1.807, 2.05) is 42.6 Å². The molecular formula is C14H19N2O3-. The monoisotopic (exact) mass is 263 g/mol. The molecule has 2 N–H and O–H groups in total. The number of amides is 2. The van der Waals surface area contributed by atoms with Crippen LogP contribution in [-0.2, 0) is 11.2 Å². The van der Waals surface area contributed by atoms with E-state index in [4.69, 9.17) is 0 Å². The van der Waals surface area contributed by atoms with E-state index in [0.29, 0.717) is 0 Å². The third kappa shape index (κ3) is 5.90. The third-order valence-electron chi connectivity index (χ3n) is 2.83. The van der Waals surface area contributed by atoms with Crippen molar-refractivity contribution in [2.75, 3.05) is 0 Å². The van der Waals surface area contributed by atoms with E-state index in [-0.39, 0.29) is 11.9 Å². The molecule has 0 radical (unpaired) electrons. The Morgan fingerprint density at radius 1 is 1.16 bits per heavy atom. The Hall–Kier alpha value is -2.04. The number of carboxylic acid groups (broad SMARTS) is 1. The number of carbonyl (C=O) groups is 2. The Bertz CT molecular complexity index is 420. The summed E-state index contributed by atoms with van der Waals surface area (Å²) < 4.78 is 0. The van der Waals surface area contributed by atoms with E-state index in [2.05, 4.69) is 5.32 Å². The number of hydrogen-bond donors (Lipinski definition) is 2. The first-order valence-electron chi connectivity index (χ1n) is 6.31. The van der Waals surface area contributed by atoms with Crippen molar-refractivity contribution >= 4 is 12.0 Å². The van der Waals surface area contributed by atoms with Crippen molar-refractivity contribution < 1.29 is 14.7 Å². The van der Waals surface area contributed by atoms with Crippen molar-refractivity contribution in [2.45, 2.75) is 38.8 Å². The largest absolute Gasteiger partial charge is 0.530 e. The fourth-order valence-electron chi connectivity index (χ4n) is 1.71. The fraction of sp³-hybridized carbons (Fsp3) is 0.429. The molecule has 19 heavy (non-hydrogen) atoms. The lowest BCUT2D eigenvalue weighted by Crippen LogP contribution is -2.51. The van der Waals surface area contributed by atoms with Gasteiger partial charge in [0.05, 0.1) is 0 Å². The van der Waals surface area contributed by atoms with Crippen molar-refractivity contribution in [3.8, 4) is 0 Å². The predicted octanol–water partition coefficient (Wildman–Crippen LogP) is 0.445. The van der Waals surface area contributed by atoms with Crippen LogP contribution in [0.4, 0.5) is 4.79 Å². The zero-order valence-corrected chi connectivity index (χ0v) is 11.2. The zero-order chi connectivity index (χ0) is 14.3. The minimum atomic E-state index is -1.44. The van der Waals surface area contributed by atoms with Gasteiger partial charge in [-0.15, -0.1) is 0 Å². The molecule has 2 unspecified atom stereocenters.